The second-order valence-corrected chi connectivity index (χ2v) is 4.50. The molecular formula is C16H16N4O3. The minimum absolute atomic E-state index is 0.388. The van der Waals surface area contributed by atoms with Crippen LogP contribution in [0.3, 0.4) is 0 Å². The number of methoxy groups -OCH3 is 1. The molecule has 1 aromatic carbocycles. The Hall–Kier alpha value is -3.35. The van der Waals surface area contributed by atoms with Crippen LogP contribution >= 0.6 is 0 Å². The Bertz CT molecular complexity index is 750. The minimum Gasteiger partial charge on any atom is -0.466 e. The summed E-state index contributed by atoms with van der Waals surface area (Å²) in [6.45, 7) is 0. The van der Waals surface area contributed by atoms with Crippen molar-refractivity contribution in [1.29, 1.82) is 5.41 Å². The van der Waals surface area contributed by atoms with E-state index in [1.807, 2.05) is 0 Å². The molecule has 0 fully saturated rings. The number of nitrogens with zero attached hydrogens (tertiary/aromatic N) is 2. The van der Waals surface area contributed by atoms with Gasteiger partial charge in [0.2, 0.25) is 5.96 Å². The summed E-state index contributed by atoms with van der Waals surface area (Å²) < 4.78 is 5.92. The number of nitrogens with two attached hydrogens (primary N) is 1. The first-order chi connectivity index (χ1) is 11.0. The molecule has 0 unspecified atom stereocenters. The van der Waals surface area contributed by atoms with Crippen molar-refractivity contribution in [2.24, 2.45) is 5.73 Å². The highest BCUT2D eigenvalue weighted by molar-refractivity contribution is 6.15. The number of carbonyl (C=O) groups is 2. The molecule has 23 heavy (non-hydrogen) atoms. The first-order valence-electron chi connectivity index (χ1n) is 6.72. The number of rotatable bonds is 4. The van der Waals surface area contributed by atoms with Crippen molar-refractivity contribution in [1.82, 2.24) is 4.68 Å². The Kier molecular flexibility index (Phi) is 4.93. The van der Waals surface area contributed by atoms with E-state index < -0.39 is 17.8 Å². The number of ether oxygens (including phenoxy) is 1. The number of benzene rings is 1. The molecule has 0 aliphatic heterocycles. The van der Waals surface area contributed by atoms with E-state index >= 15 is 0 Å². The molecule has 7 heteroatoms. The minimum atomic E-state index is -0.526. The normalized spacial score (nSPS) is 10.5. The number of hydrogen-bond acceptors (Lipinski definition) is 4. The van der Waals surface area contributed by atoms with Gasteiger partial charge in [-0.15, -0.1) is 0 Å². The lowest BCUT2D eigenvalue weighted by Gasteiger charge is -2.23. The van der Waals surface area contributed by atoms with Gasteiger partial charge in [0.05, 0.1) is 12.8 Å². The molecule has 0 atom stereocenters. The lowest BCUT2D eigenvalue weighted by molar-refractivity contribution is -0.134. The molecule has 1 aromatic heterocycles. The number of carbonyl (C=O) groups excluding carboxylic acids is 2. The van der Waals surface area contributed by atoms with Crippen molar-refractivity contribution >= 4 is 23.9 Å². The van der Waals surface area contributed by atoms with Gasteiger partial charge in [-0.2, -0.15) is 5.01 Å². The fourth-order valence-electron chi connectivity index (χ4n) is 1.95. The fraction of sp³-hybridized carbons (Fsp3) is 0.0625. The molecule has 1 amide bonds. The topological polar surface area (TPSA) is 101 Å². The zero-order valence-corrected chi connectivity index (χ0v) is 12.5. The van der Waals surface area contributed by atoms with E-state index in [1.165, 1.54) is 23.9 Å². The van der Waals surface area contributed by atoms with E-state index in [2.05, 4.69) is 4.74 Å². The molecule has 0 aliphatic rings. The summed E-state index contributed by atoms with van der Waals surface area (Å²) in [5.41, 5.74) is 6.45. The summed E-state index contributed by atoms with van der Waals surface area (Å²) in [6.07, 6.45) is 4.26. The average Bonchev–Trinajstić information content (AvgIpc) is 3.01. The summed E-state index contributed by atoms with van der Waals surface area (Å²) in [7, 11) is 1.27. The lowest BCUT2D eigenvalue weighted by atomic mass is 10.2. The SMILES string of the molecule is COC(=O)/C=C/c1cccn1N(C(=N)N)C(=O)c1ccccc1. The molecule has 0 saturated carbocycles. The first kappa shape index (κ1) is 16.0. The van der Waals surface area contributed by atoms with Gasteiger partial charge in [0.15, 0.2) is 0 Å². The monoisotopic (exact) mass is 312 g/mol. The third-order valence-corrected chi connectivity index (χ3v) is 3.01. The Morgan fingerprint density at radius 1 is 1.22 bits per heavy atom. The molecular weight excluding hydrogens is 296 g/mol. The number of hydrogen-bond donors (Lipinski definition) is 2. The van der Waals surface area contributed by atoms with Crippen molar-refractivity contribution in [3.8, 4) is 0 Å². The van der Waals surface area contributed by atoms with Crippen LogP contribution in [0.4, 0.5) is 0 Å². The van der Waals surface area contributed by atoms with Crippen LogP contribution < -0.4 is 10.7 Å². The standard InChI is InChI=1S/C16H16N4O3/c1-23-14(21)10-9-13-8-5-11-19(13)20(16(17)18)15(22)12-6-3-2-4-7-12/h2-11H,1H3,(H3,17,18)/b10-9+. The maximum Gasteiger partial charge on any atom is 0.330 e. The molecule has 0 aliphatic carbocycles. The van der Waals surface area contributed by atoms with E-state index in [4.69, 9.17) is 11.1 Å². The van der Waals surface area contributed by atoms with Gasteiger partial charge >= 0.3 is 5.97 Å². The van der Waals surface area contributed by atoms with Gasteiger partial charge in [0.1, 0.15) is 0 Å². The average molecular weight is 312 g/mol. The predicted octanol–water partition coefficient (Wildman–Crippen LogP) is 1.35. The van der Waals surface area contributed by atoms with Crippen molar-refractivity contribution in [2.45, 2.75) is 0 Å². The van der Waals surface area contributed by atoms with Crippen LogP contribution in [0, 0.1) is 5.41 Å². The van der Waals surface area contributed by atoms with Gasteiger partial charge in [-0.1, -0.05) is 18.2 Å². The van der Waals surface area contributed by atoms with Crippen molar-refractivity contribution in [3.05, 3.63) is 66.0 Å². The van der Waals surface area contributed by atoms with E-state index in [-0.39, 0.29) is 0 Å². The Morgan fingerprint density at radius 3 is 2.52 bits per heavy atom. The highest BCUT2D eigenvalue weighted by Crippen LogP contribution is 2.10. The van der Waals surface area contributed by atoms with Crippen LogP contribution in [0.1, 0.15) is 16.1 Å². The summed E-state index contributed by atoms with van der Waals surface area (Å²) in [5.74, 6) is -1.42. The third kappa shape index (κ3) is 3.65. The quantitative estimate of drug-likeness (QED) is 0.385. The lowest BCUT2D eigenvalue weighted by Crippen LogP contribution is -2.49. The third-order valence-electron chi connectivity index (χ3n) is 3.01. The predicted molar refractivity (Wildman–Crippen MR) is 86.4 cm³/mol. The molecule has 1 heterocycles. The first-order valence-corrected chi connectivity index (χ1v) is 6.72. The number of guanidine groups is 1. The molecule has 2 aromatic rings. The highest BCUT2D eigenvalue weighted by atomic mass is 16.5. The number of esters is 1. The number of amides is 1. The maximum atomic E-state index is 12.6. The van der Waals surface area contributed by atoms with Crippen LogP contribution in [0.2, 0.25) is 0 Å². The molecule has 118 valence electrons. The van der Waals surface area contributed by atoms with Crippen molar-refractivity contribution < 1.29 is 14.3 Å². The van der Waals surface area contributed by atoms with Crippen LogP contribution in [0.15, 0.2) is 54.7 Å². The van der Waals surface area contributed by atoms with Crippen LogP contribution in [0.5, 0.6) is 0 Å². The van der Waals surface area contributed by atoms with Gasteiger partial charge in [0, 0.05) is 17.8 Å². The molecule has 7 nitrogen and oxygen atoms in total. The van der Waals surface area contributed by atoms with Gasteiger partial charge in [0.25, 0.3) is 5.91 Å². The second kappa shape index (κ2) is 7.08. The zero-order valence-electron chi connectivity index (χ0n) is 12.5. The zero-order chi connectivity index (χ0) is 16.8. The molecule has 0 spiro atoms. The van der Waals surface area contributed by atoms with Gasteiger partial charge in [-0.25, -0.2) is 4.79 Å². The molecule has 2 rings (SSSR count). The number of aromatic nitrogens is 1. The van der Waals surface area contributed by atoms with Crippen LogP contribution in [-0.4, -0.2) is 29.6 Å². The smallest absolute Gasteiger partial charge is 0.330 e. The summed E-state index contributed by atoms with van der Waals surface area (Å²) in [5, 5.41) is 8.71. The largest absolute Gasteiger partial charge is 0.466 e. The molecule has 0 saturated heterocycles. The summed E-state index contributed by atoms with van der Waals surface area (Å²) >= 11 is 0. The Morgan fingerprint density at radius 2 is 1.91 bits per heavy atom. The summed E-state index contributed by atoms with van der Waals surface area (Å²) in [4.78, 5) is 23.8. The second-order valence-electron chi connectivity index (χ2n) is 4.50. The number of nitrogens with one attached hydrogen (secondary N) is 1. The van der Waals surface area contributed by atoms with Crippen LogP contribution in [0.25, 0.3) is 6.08 Å². The fourth-order valence-corrected chi connectivity index (χ4v) is 1.95. The molecule has 0 bridgehead atoms. The van der Waals surface area contributed by atoms with Gasteiger partial charge < -0.3 is 10.5 Å². The molecule has 3 N–H and O–H groups in total. The van der Waals surface area contributed by atoms with E-state index in [9.17, 15) is 9.59 Å². The molecule has 0 radical (unpaired) electrons. The van der Waals surface area contributed by atoms with Crippen molar-refractivity contribution in [2.75, 3.05) is 12.1 Å². The van der Waals surface area contributed by atoms with E-state index in [0.717, 1.165) is 5.01 Å². The van der Waals surface area contributed by atoms with E-state index in [1.54, 1.807) is 48.7 Å². The summed E-state index contributed by atoms with van der Waals surface area (Å²) in [6, 6.07) is 11.8. The van der Waals surface area contributed by atoms with Gasteiger partial charge in [-0.05, 0) is 30.3 Å². The highest BCUT2D eigenvalue weighted by Gasteiger charge is 2.21. The van der Waals surface area contributed by atoms with Crippen LogP contribution in [-0.2, 0) is 9.53 Å². The Balaban J connectivity index is 2.38. The van der Waals surface area contributed by atoms with Gasteiger partial charge in [-0.3, -0.25) is 14.9 Å². The van der Waals surface area contributed by atoms with E-state index in [0.29, 0.717) is 11.3 Å². The maximum absolute atomic E-state index is 12.6. The van der Waals surface area contributed by atoms with Crippen molar-refractivity contribution in [3.63, 3.8) is 0 Å². The Labute approximate surface area is 133 Å².